The van der Waals surface area contributed by atoms with Crippen LogP contribution in [0.5, 0.6) is 0 Å². The Balaban J connectivity index is 2.75. The Morgan fingerprint density at radius 1 is 1.35 bits per heavy atom. The Bertz CT molecular complexity index is 538. The smallest absolute Gasteiger partial charge is 0.373 e. The number of unbranched alkanes of at least 4 members (excludes halogenated alkanes) is 1. The molecule has 0 saturated heterocycles. The van der Waals surface area contributed by atoms with Crippen molar-refractivity contribution in [1.82, 2.24) is 0 Å². The van der Waals surface area contributed by atoms with E-state index < -0.39 is 22.1 Å². The van der Waals surface area contributed by atoms with Gasteiger partial charge in [0.1, 0.15) is 0 Å². The van der Waals surface area contributed by atoms with Crippen LogP contribution in [-0.2, 0) is 21.3 Å². The van der Waals surface area contributed by atoms with Crippen molar-refractivity contribution in [2.75, 3.05) is 5.75 Å². The Morgan fingerprint density at radius 3 is 2.40 bits per heavy atom. The maximum absolute atomic E-state index is 11.2. The van der Waals surface area contributed by atoms with Crippen LogP contribution in [0.25, 0.3) is 0 Å². The zero-order chi connectivity index (χ0) is 15.2. The molecule has 1 aromatic rings. The number of aryl methyl sites for hydroxylation is 1. The van der Waals surface area contributed by atoms with E-state index in [2.05, 4.69) is 0 Å². The van der Waals surface area contributed by atoms with Crippen LogP contribution >= 0.6 is 0 Å². The highest BCUT2D eigenvalue weighted by molar-refractivity contribution is 7.85. The number of nitrogens with zero attached hydrogens (tertiary/aromatic N) is 1. The van der Waals surface area contributed by atoms with E-state index in [4.69, 9.17) is 4.55 Å². The molecule has 0 spiro atoms. The maximum atomic E-state index is 11.2. The second kappa shape index (κ2) is 7.35. The topological polar surface area (TPSA) is 95.5 Å². The molecule has 0 amide bonds. The van der Waals surface area contributed by atoms with Crippen LogP contribution in [0, 0.1) is 0 Å². The fourth-order valence-electron chi connectivity index (χ4n) is 1.89. The molecule has 6 nitrogen and oxygen atoms in total. The molecule has 0 fully saturated rings. The van der Waals surface area contributed by atoms with Crippen molar-refractivity contribution in [3.63, 3.8) is 0 Å². The van der Waals surface area contributed by atoms with Gasteiger partial charge in [0.2, 0.25) is 0 Å². The van der Waals surface area contributed by atoms with Crippen molar-refractivity contribution in [3.8, 4) is 0 Å². The summed E-state index contributed by atoms with van der Waals surface area (Å²) >= 11 is 0. The van der Waals surface area contributed by atoms with Gasteiger partial charge in [-0.2, -0.15) is 13.0 Å². The highest BCUT2D eigenvalue weighted by Gasteiger charge is 2.25. The summed E-state index contributed by atoms with van der Waals surface area (Å²) in [5, 5.41) is 9.20. The second-order valence-corrected chi connectivity index (χ2v) is 6.26. The summed E-state index contributed by atoms with van der Waals surface area (Å²) in [6.07, 6.45) is 5.78. The molecule has 0 aliphatic carbocycles. The Morgan fingerprint density at radius 2 is 1.95 bits per heavy atom. The molecule has 0 unspecified atom stereocenters. The van der Waals surface area contributed by atoms with Gasteiger partial charge in [0.05, 0.1) is 5.75 Å². The van der Waals surface area contributed by atoms with Crippen LogP contribution in [0.3, 0.4) is 0 Å². The van der Waals surface area contributed by atoms with Crippen molar-refractivity contribution >= 4 is 16.1 Å². The first-order chi connectivity index (χ1) is 9.33. The third kappa shape index (κ3) is 5.66. The lowest BCUT2D eigenvalue weighted by Crippen LogP contribution is -2.43. The number of pyridine rings is 1. The van der Waals surface area contributed by atoms with Gasteiger partial charge in [0.25, 0.3) is 16.2 Å². The molecule has 2 N–H and O–H groups in total. The van der Waals surface area contributed by atoms with Crippen molar-refractivity contribution in [2.45, 2.75) is 38.6 Å². The van der Waals surface area contributed by atoms with E-state index in [9.17, 15) is 18.3 Å². The number of carboxylic acid groups (broad SMARTS) is 1. The summed E-state index contributed by atoms with van der Waals surface area (Å²) in [4.78, 5) is 11.2. The maximum Gasteiger partial charge on any atom is 0.373 e. The first-order valence-electron chi connectivity index (χ1n) is 6.51. The van der Waals surface area contributed by atoms with Gasteiger partial charge in [-0.1, -0.05) is 13.3 Å². The minimum absolute atomic E-state index is 0.201. The molecular weight excluding hydrogens is 282 g/mol. The quantitative estimate of drug-likeness (QED) is 0.556. The Kier molecular flexibility index (Phi) is 6.09. The minimum Gasteiger partial charge on any atom is -0.476 e. The molecule has 0 aliphatic heterocycles. The van der Waals surface area contributed by atoms with Crippen molar-refractivity contribution in [2.24, 2.45) is 0 Å². The summed E-state index contributed by atoms with van der Waals surface area (Å²) in [5.74, 6) is -1.22. The molecule has 112 valence electrons. The van der Waals surface area contributed by atoms with Gasteiger partial charge in [-0.05, 0) is 18.4 Å². The lowest BCUT2D eigenvalue weighted by atomic mass is 10.1. The van der Waals surface area contributed by atoms with Crippen LogP contribution in [0.15, 0.2) is 24.5 Å². The molecule has 0 aromatic carbocycles. The van der Waals surface area contributed by atoms with Crippen LogP contribution in [0.2, 0.25) is 0 Å². The summed E-state index contributed by atoms with van der Waals surface area (Å²) in [7, 11) is -3.98. The molecular formula is C13H20NO5S+. The largest absolute Gasteiger partial charge is 0.476 e. The molecule has 7 heteroatoms. The monoisotopic (exact) mass is 302 g/mol. The number of aliphatic carboxylic acids is 1. The lowest BCUT2D eigenvalue weighted by molar-refractivity contribution is -0.711. The number of rotatable bonds is 8. The third-order valence-electron chi connectivity index (χ3n) is 3.05. The van der Waals surface area contributed by atoms with Crippen LogP contribution < -0.4 is 4.57 Å². The van der Waals surface area contributed by atoms with Gasteiger partial charge in [-0.15, -0.1) is 0 Å². The summed E-state index contributed by atoms with van der Waals surface area (Å²) in [5.41, 5.74) is 0.735. The Hall–Kier alpha value is -1.47. The number of hydrogen-bond donors (Lipinski definition) is 2. The molecule has 1 atom stereocenters. The number of aromatic nitrogens is 1. The van der Waals surface area contributed by atoms with E-state index in [1.807, 2.05) is 6.92 Å². The molecule has 0 radical (unpaired) electrons. The highest BCUT2D eigenvalue weighted by atomic mass is 32.2. The zero-order valence-electron chi connectivity index (χ0n) is 11.4. The molecule has 1 rings (SSSR count). The molecule has 20 heavy (non-hydrogen) atoms. The van der Waals surface area contributed by atoms with Gasteiger partial charge in [0, 0.05) is 18.6 Å². The van der Waals surface area contributed by atoms with E-state index >= 15 is 0 Å². The standard InChI is InChI=1S/C13H19NO5S/c1-2-3-4-12(13(15)16)14-8-5-11(6-9-14)7-10-20(17,18)19/h5-6,8-9,12H,2-4,7,10H2,1H3,(H-,15,16,17,18,19)/p+1/t12-/m0/s1. The fourth-order valence-corrected chi connectivity index (χ4v) is 2.38. The van der Waals surface area contributed by atoms with Crippen LogP contribution in [-0.4, -0.2) is 29.8 Å². The number of carboxylic acids is 1. The summed E-state index contributed by atoms with van der Waals surface area (Å²) in [6, 6.07) is 2.74. The number of carbonyl (C=O) groups is 1. The first-order valence-corrected chi connectivity index (χ1v) is 8.12. The predicted octanol–water partition coefficient (Wildman–Crippen LogP) is 1.22. The second-order valence-electron chi connectivity index (χ2n) is 4.69. The average Bonchev–Trinajstić information content (AvgIpc) is 2.37. The van der Waals surface area contributed by atoms with Crippen molar-refractivity contribution < 1.29 is 27.4 Å². The van der Waals surface area contributed by atoms with Crippen LogP contribution in [0.4, 0.5) is 0 Å². The van der Waals surface area contributed by atoms with E-state index in [-0.39, 0.29) is 12.2 Å². The SMILES string of the molecule is CCCC[C@@H](C(=O)O)[n+]1ccc(CCS(=O)(=O)O)cc1. The van der Waals surface area contributed by atoms with E-state index in [1.54, 1.807) is 29.1 Å². The van der Waals surface area contributed by atoms with Crippen molar-refractivity contribution in [3.05, 3.63) is 30.1 Å². The van der Waals surface area contributed by atoms with Gasteiger partial charge in [-0.25, -0.2) is 4.79 Å². The third-order valence-corrected chi connectivity index (χ3v) is 3.77. The summed E-state index contributed by atoms with van der Waals surface area (Å²) < 4.78 is 31.6. The van der Waals surface area contributed by atoms with E-state index in [0.29, 0.717) is 6.42 Å². The molecule has 0 bridgehead atoms. The van der Waals surface area contributed by atoms with E-state index in [1.165, 1.54) is 0 Å². The Labute approximate surface area is 118 Å². The summed E-state index contributed by atoms with van der Waals surface area (Å²) in [6.45, 7) is 2.00. The average molecular weight is 302 g/mol. The highest BCUT2D eigenvalue weighted by Crippen LogP contribution is 2.09. The number of hydrogen-bond acceptors (Lipinski definition) is 3. The van der Waals surface area contributed by atoms with Gasteiger partial charge in [0.15, 0.2) is 12.4 Å². The predicted molar refractivity (Wildman–Crippen MR) is 73.0 cm³/mol. The van der Waals surface area contributed by atoms with Gasteiger partial charge >= 0.3 is 5.97 Å². The van der Waals surface area contributed by atoms with E-state index in [0.717, 1.165) is 18.4 Å². The minimum atomic E-state index is -3.98. The van der Waals surface area contributed by atoms with Crippen LogP contribution in [0.1, 0.15) is 37.8 Å². The van der Waals surface area contributed by atoms with Gasteiger partial charge < -0.3 is 5.11 Å². The van der Waals surface area contributed by atoms with Crippen molar-refractivity contribution in [1.29, 1.82) is 0 Å². The normalized spacial score (nSPS) is 13.1. The lowest BCUT2D eigenvalue weighted by Gasteiger charge is -2.07. The van der Waals surface area contributed by atoms with Gasteiger partial charge in [-0.3, -0.25) is 4.55 Å². The molecule has 0 aliphatic rings. The first kappa shape index (κ1) is 16.6. The molecule has 0 saturated carbocycles. The molecule has 1 heterocycles. The zero-order valence-corrected chi connectivity index (χ0v) is 12.2. The fraction of sp³-hybridized carbons (Fsp3) is 0.538. The molecule has 1 aromatic heterocycles.